The van der Waals surface area contributed by atoms with Crippen LogP contribution in [0, 0.1) is 11.3 Å². The van der Waals surface area contributed by atoms with E-state index in [-0.39, 0.29) is 5.92 Å². The Labute approximate surface area is 253 Å². The summed E-state index contributed by atoms with van der Waals surface area (Å²) in [5, 5.41) is 21.2. The largest absolute Gasteiger partial charge is 0.481 e. The maximum absolute atomic E-state index is 11.6. The van der Waals surface area contributed by atoms with Gasteiger partial charge in [-0.3, -0.25) is 9.59 Å². The summed E-state index contributed by atoms with van der Waals surface area (Å²) in [4.78, 5) is 22.7. The first-order valence-corrected chi connectivity index (χ1v) is 18.0. The predicted molar refractivity (Wildman–Crippen MR) is 174 cm³/mol. The summed E-state index contributed by atoms with van der Waals surface area (Å²) in [6, 6.07) is 9.20. The van der Waals surface area contributed by atoms with Crippen molar-refractivity contribution in [2.75, 3.05) is 0 Å². The van der Waals surface area contributed by atoms with Gasteiger partial charge >= 0.3 is 11.9 Å². The normalized spacial score (nSPS) is 25.2. The van der Waals surface area contributed by atoms with E-state index in [0.29, 0.717) is 27.4 Å². The molecule has 2 aliphatic heterocycles. The number of benzene rings is 1. The summed E-state index contributed by atoms with van der Waals surface area (Å²) in [5.74, 6) is -1.56. The number of aliphatic carboxylic acids is 2. The molecule has 1 aromatic carbocycles. The monoisotopic (exact) mass is 592 g/mol. The van der Waals surface area contributed by atoms with Crippen LogP contribution in [0.25, 0.3) is 0 Å². The maximum atomic E-state index is 11.6. The van der Waals surface area contributed by atoms with Crippen molar-refractivity contribution in [2.45, 2.75) is 152 Å². The number of thioether (sulfide) groups is 2. The molecule has 0 amide bonds. The molecular formula is C34H56O4S2. The van der Waals surface area contributed by atoms with Gasteiger partial charge in [0.2, 0.25) is 0 Å². The summed E-state index contributed by atoms with van der Waals surface area (Å²) in [5.41, 5.74) is 2.54. The van der Waals surface area contributed by atoms with E-state index in [1.165, 1.54) is 51.4 Å². The molecule has 228 valence electrons. The second-order valence-corrected chi connectivity index (χ2v) is 15.0. The van der Waals surface area contributed by atoms with E-state index in [1.807, 2.05) is 34.6 Å². The molecular weight excluding hydrogens is 537 g/mol. The zero-order chi connectivity index (χ0) is 29.5. The summed E-state index contributed by atoms with van der Waals surface area (Å²) in [6.07, 6.45) is 16.6. The highest BCUT2D eigenvalue weighted by atomic mass is 32.2. The first kappa shape index (κ1) is 35.1. The molecule has 2 N–H and O–H groups in total. The Morgan fingerprint density at radius 1 is 0.875 bits per heavy atom. The molecule has 0 bridgehead atoms. The van der Waals surface area contributed by atoms with Crippen LogP contribution in [0.5, 0.6) is 0 Å². The standard InChI is InChI=1S/C32H50O4S2.C2H6/c1-4-32(3,31(35)36)22-10-9-15-25-17-12-21-29(38-25)27-19-8-7-18-26(27)28-20-11-16-24(37-28)14-6-5-13-23(2)30(33)34;1-2/h7-8,18-19,23-25,28-29H,4-6,9-17,20-22H2,1-3H3,(H,33,34)(H,35,36);1-2H3. The summed E-state index contributed by atoms with van der Waals surface area (Å²) >= 11 is 4.36. The first-order chi connectivity index (χ1) is 19.2. The van der Waals surface area contributed by atoms with Gasteiger partial charge in [0.1, 0.15) is 0 Å². The molecule has 6 atom stereocenters. The second-order valence-electron chi connectivity index (χ2n) is 12.0. The fourth-order valence-electron chi connectivity index (χ4n) is 6.05. The molecule has 4 nitrogen and oxygen atoms in total. The Bertz CT molecular complexity index is 890. The van der Waals surface area contributed by atoms with Crippen LogP contribution in [0.15, 0.2) is 24.3 Å². The van der Waals surface area contributed by atoms with Crippen LogP contribution in [-0.2, 0) is 9.59 Å². The van der Waals surface area contributed by atoms with Gasteiger partial charge in [-0.1, -0.05) is 90.5 Å². The lowest BCUT2D eigenvalue weighted by Gasteiger charge is -2.34. The van der Waals surface area contributed by atoms with Crippen LogP contribution in [0.3, 0.4) is 0 Å². The Hall–Kier alpha value is -1.14. The predicted octanol–water partition coefficient (Wildman–Crippen LogP) is 10.7. The van der Waals surface area contributed by atoms with Gasteiger partial charge in [0.15, 0.2) is 0 Å². The Morgan fingerprint density at radius 2 is 1.38 bits per heavy atom. The van der Waals surface area contributed by atoms with Crippen molar-refractivity contribution in [2.24, 2.45) is 11.3 Å². The minimum Gasteiger partial charge on any atom is -0.481 e. The van der Waals surface area contributed by atoms with Crippen molar-refractivity contribution in [3.05, 3.63) is 35.4 Å². The lowest BCUT2D eigenvalue weighted by Crippen LogP contribution is -2.26. The zero-order valence-corrected chi connectivity index (χ0v) is 27.5. The number of hydrogen-bond donors (Lipinski definition) is 2. The average Bonchev–Trinajstić information content (AvgIpc) is 2.98. The molecule has 2 aliphatic rings. The van der Waals surface area contributed by atoms with E-state index in [0.717, 1.165) is 38.5 Å². The van der Waals surface area contributed by atoms with Crippen LogP contribution < -0.4 is 0 Å². The van der Waals surface area contributed by atoms with Crippen molar-refractivity contribution >= 4 is 35.5 Å². The van der Waals surface area contributed by atoms with Crippen molar-refractivity contribution in [1.82, 2.24) is 0 Å². The average molecular weight is 593 g/mol. The van der Waals surface area contributed by atoms with E-state index in [9.17, 15) is 14.7 Å². The molecule has 0 saturated carbocycles. The van der Waals surface area contributed by atoms with E-state index < -0.39 is 17.4 Å². The molecule has 40 heavy (non-hydrogen) atoms. The van der Waals surface area contributed by atoms with E-state index in [4.69, 9.17) is 5.11 Å². The van der Waals surface area contributed by atoms with Crippen LogP contribution >= 0.6 is 23.5 Å². The summed E-state index contributed by atoms with van der Waals surface area (Å²) in [7, 11) is 0. The van der Waals surface area contributed by atoms with Crippen molar-refractivity contribution in [3.63, 3.8) is 0 Å². The Morgan fingerprint density at radius 3 is 1.82 bits per heavy atom. The number of carboxylic acids is 2. The van der Waals surface area contributed by atoms with E-state index in [1.54, 1.807) is 11.1 Å². The molecule has 2 fully saturated rings. The third kappa shape index (κ3) is 10.9. The molecule has 0 aliphatic carbocycles. The zero-order valence-electron chi connectivity index (χ0n) is 25.8. The van der Waals surface area contributed by atoms with Crippen molar-refractivity contribution < 1.29 is 19.8 Å². The molecule has 2 heterocycles. The van der Waals surface area contributed by atoms with Crippen molar-refractivity contribution in [3.8, 4) is 0 Å². The smallest absolute Gasteiger partial charge is 0.309 e. The molecule has 2 saturated heterocycles. The SMILES string of the molecule is CC.CCC(C)(CCCCC1CCCC(c2ccccc2C2CCCC(CCCCC(C)C(=O)O)S2)S1)C(=O)O. The summed E-state index contributed by atoms with van der Waals surface area (Å²) < 4.78 is 0. The van der Waals surface area contributed by atoms with E-state index >= 15 is 0 Å². The number of unbranched alkanes of at least 4 members (excludes halogenated alkanes) is 2. The molecule has 3 rings (SSSR count). The highest BCUT2D eigenvalue weighted by molar-refractivity contribution is 8.00. The van der Waals surface area contributed by atoms with Crippen LogP contribution in [0.4, 0.5) is 0 Å². The lowest BCUT2D eigenvalue weighted by atomic mass is 9.82. The quantitative estimate of drug-likeness (QED) is 0.197. The number of hydrogen-bond acceptors (Lipinski definition) is 4. The molecule has 6 unspecified atom stereocenters. The van der Waals surface area contributed by atoms with E-state index in [2.05, 4.69) is 47.8 Å². The maximum Gasteiger partial charge on any atom is 0.309 e. The number of carbonyl (C=O) groups is 2. The summed E-state index contributed by atoms with van der Waals surface area (Å²) in [6.45, 7) is 9.70. The Balaban J connectivity index is 0.00000274. The lowest BCUT2D eigenvalue weighted by molar-refractivity contribution is -0.148. The minimum absolute atomic E-state index is 0.230. The number of carboxylic acid groups (broad SMARTS) is 2. The van der Waals surface area contributed by atoms with Gasteiger partial charge in [-0.05, 0) is 75.8 Å². The van der Waals surface area contributed by atoms with Gasteiger partial charge in [-0.2, -0.15) is 23.5 Å². The van der Waals surface area contributed by atoms with Gasteiger partial charge in [-0.25, -0.2) is 0 Å². The fourth-order valence-corrected chi connectivity index (χ4v) is 9.51. The van der Waals surface area contributed by atoms with Gasteiger partial charge in [-0.15, -0.1) is 0 Å². The third-order valence-corrected chi connectivity index (χ3v) is 12.4. The van der Waals surface area contributed by atoms with Gasteiger partial charge in [0.05, 0.1) is 11.3 Å². The minimum atomic E-state index is -0.672. The number of rotatable bonds is 15. The van der Waals surface area contributed by atoms with Gasteiger partial charge in [0.25, 0.3) is 0 Å². The Kier molecular flexibility index (Phi) is 16.1. The fraction of sp³-hybridized carbons (Fsp3) is 0.765. The van der Waals surface area contributed by atoms with Crippen LogP contribution in [0.1, 0.15) is 153 Å². The second kappa shape index (κ2) is 18.4. The van der Waals surface area contributed by atoms with Crippen molar-refractivity contribution in [1.29, 1.82) is 0 Å². The molecule has 0 spiro atoms. The highest BCUT2D eigenvalue weighted by Crippen LogP contribution is 2.50. The first-order valence-electron chi connectivity index (χ1n) is 16.1. The van der Waals surface area contributed by atoms with Gasteiger partial charge < -0.3 is 10.2 Å². The third-order valence-electron chi connectivity index (χ3n) is 9.02. The molecule has 1 aromatic rings. The molecule has 0 aromatic heterocycles. The van der Waals surface area contributed by atoms with Crippen LogP contribution in [0.2, 0.25) is 0 Å². The molecule has 0 radical (unpaired) electrons. The van der Waals surface area contributed by atoms with Gasteiger partial charge in [0, 0.05) is 21.0 Å². The van der Waals surface area contributed by atoms with Crippen LogP contribution in [-0.4, -0.2) is 32.7 Å². The molecule has 6 heteroatoms. The topological polar surface area (TPSA) is 74.6 Å². The highest BCUT2D eigenvalue weighted by Gasteiger charge is 2.32.